The first-order valence-electron chi connectivity index (χ1n) is 6.30. The van der Waals surface area contributed by atoms with Crippen molar-refractivity contribution in [2.24, 2.45) is 11.8 Å². The lowest BCUT2D eigenvalue weighted by Gasteiger charge is -2.35. The number of likely N-dealkylation sites (tertiary alicyclic amines) is 1. The van der Waals surface area contributed by atoms with E-state index in [4.69, 9.17) is 4.74 Å². The third-order valence-electron chi connectivity index (χ3n) is 3.73. The van der Waals surface area contributed by atoms with Crippen LogP contribution in [0.5, 0.6) is 0 Å². The molecule has 0 bridgehead atoms. The van der Waals surface area contributed by atoms with Crippen LogP contribution in [0.3, 0.4) is 0 Å². The fourth-order valence-electron chi connectivity index (χ4n) is 2.64. The van der Waals surface area contributed by atoms with Gasteiger partial charge >= 0.3 is 0 Å². The molecule has 2 aliphatic heterocycles. The van der Waals surface area contributed by atoms with E-state index in [0.29, 0.717) is 0 Å². The fraction of sp³-hybridized carbons (Fsp3) is 1.00. The van der Waals surface area contributed by atoms with E-state index in [9.17, 15) is 0 Å². The molecule has 3 nitrogen and oxygen atoms in total. The Hall–Kier alpha value is -0.120. The van der Waals surface area contributed by atoms with Gasteiger partial charge in [-0.2, -0.15) is 0 Å². The van der Waals surface area contributed by atoms with Crippen molar-refractivity contribution in [3.63, 3.8) is 0 Å². The topological polar surface area (TPSA) is 24.5 Å². The van der Waals surface area contributed by atoms with E-state index >= 15 is 0 Å². The van der Waals surface area contributed by atoms with Crippen LogP contribution in [0.25, 0.3) is 0 Å². The van der Waals surface area contributed by atoms with Gasteiger partial charge in [-0.3, -0.25) is 0 Å². The molecule has 0 aromatic heterocycles. The Kier molecular flexibility index (Phi) is 4.42. The summed E-state index contributed by atoms with van der Waals surface area (Å²) in [5.74, 6) is 1.73. The second-order valence-corrected chi connectivity index (χ2v) is 5.08. The van der Waals surface area contributed by atoms with E-state index in [1.165, 1.54) is 52.0 Å². The van der Waals surface area contributed by atoms with Gasteiger partial charge in [0, 0.05) is 13.7 Å². The number of piperidine rings is 1. The maximum absolute atomic E-state index is 5.25. The number of hydrogen-bond acceptors (Lipinski definition) is 3. The van der Waals surface area contributed by atoms with Crippen molar-refractivity contribution in [1.29, 1.82) is 0 Å². The highest BCUT2D eigenvalue weighted by atomic mass is 16.5. The van der Waals surface area contributed by atoms with Gasteiger partial charge < -0.3 is 15.0 Å². The summed E-state index contributed by atoms with van der Waals surface area (Å²) in [6.45, 7) is 7.30. The van der Waals surface area contributed by atoms with Gasteiger partial charge in [0.05, 0.1) is 6.61 Å². The zero-order chi connectivity index (χ0) is 10.5. The summed E-state index contributed by atoms with van der Waals surface area (Å²) in [6.07, 6.45) is 4.10. The van der Waals surface area contributed by atoms with Crippen LogP contribution >= 0.6 is 0 Å². The van der Waals surface area contributed by atoms with Gasteiger partial charge in [0.15, 0.2) is 0 Å². The predicted octanol–water partition coefficient (Wildman–Crippen LogP) is 0.954. The van der Waals surface area contributed by atoms with Crippen molar-refractivity contribution in [2.75, 3.05) is 46.4 Å². The molecule has 0 radical (unpaired) electrons. The van der Waals surface area contributed by atoms with Crippen LogP contribution in [0, 0.1) is 11.8 Å². The molecule has 88 valence electrons. The third-order valence-corrected chi connectivity index (χ3v) is 3.73. The third kappa shape index (κ3) is 3.44. The minimum Gasteiger partial charge on any atom is -0.384 e. The van der Waals surface area contributed by atoms with Gasteiger partial charge in [-0.15, -0.1) is 0 Å². The number of hydrogen-bond donors (Lipinski definition) is 1. The van der Waals surface area contributed by atoms with Gasteiger partial charge in [-0.05, 0) is 57.3 Å². The molecule has 2 heterocycles. The second kappa shape index (κ2) is 5.83. The van der Waals surface area contributed by atoms with Gasteiger partial charge in [-0.1, -0.05) is 0 Å². The molecule has 1 unspecified atom stereocenters. The Morgan fingerprint density at radius 2 is 2.20 bits per heavy atom. The standard InChI is InChI=1S/C12H24N2O/c1-15-10-12-3-2-5-14(9-12)6-4-11-7-13-8-11/h11-13H,2-10H2,1H3. The fourth-order valence-corrected chi connectivity index (χ4v) is 2.64. The Labute approximate surface area is 93.2 Å². The van der Waals surface area contributed by atoms with Gasteiger partial charge in [0.2, 0.25) is 0 Å². The number of ether oxygens (including phenoxy) is 1. The van der Waals surface area contributed by atoms with Crippen molar-refractivity contribution in [3.05, 3.63) is 0 Å². The molecule has 1 N–H and O–H groups in total. The second-order valence-electron chi connectivity index (χ2n) is 5.08. The molecule has 2 rings (SSSR count). The molecule has 3 heteroatoms. The van der Waals surface area contributed by atoms with Crippen molar-refractivity contribution >= 4 is 0 Å². The van der Waals surface area contributed by atoms with Crippen LogP contribution in [-0.4, -0.2) is 51.3 Å². The molecule has 1 atom stereocenters. The molecular weight excluding hydrogens is 188 g/mol. The first-order chi connectivity index (χ1) is 7.38. The lowest BCUT2D eigenvalue weighted by molar-refractivity contribution is 0.0860. The Balaban J connectivity index is 1.63. The van der Waals surface area contributed by atoms with Gasteiger partial charge in [-0.25, -0.2) is 0 Å². The van der Waals surface area contributed by atoms with Crippen LogP contribution in [0.4, 0.5) is 0 Å². The van der Waals surface area contributed by atoms with E-state index in [-0.39, 0.29) is 0 Å². The zero-order valence-electron chi connectivity index (χ0n) is 9.87. The smallest absolute Gasteiger partial charge is 0.0502 e. The first-order valence-corrected chi connectivity index (χ1v) is 6.30. The summed E-state index contributed by atoms with van der Waals surface area (Å²) >= 11 is 0. The molecule has 0 aromatic carbocycles. The van der Waals surface area contributed by atoms with E-state index in [0.717, 1.165) is 18.4 Å². The molecule has 0 spiro atoms. The number of methoxy groups -OCH3 is 1. The van der Waals surface area contributed by atoms with E-state index in [1.54, 1.807) is 0 Å². The van der Waals surface area contributed by atoms with Crippen molar-refractivity contribution < 1.29 is 4.74 Å². The molecule has 0 amide bonds. The van der Waals surface area contributed by atoms with Crippen molar-refractivity contribution in [3.8, 4) is 0 Å². The summed E-state index contributed by atoms with van der Waals surface area (Å²) < 4.78 is 5.25. The van der Waals surface area contributed by atoms with Crippen LogP contribution < -0.4 is 5.32 Å². The zero-order valence-corrected chi connectivity index (χ0v) is 9.87. The first kappa shape index (κ1) is 11.4. The van der Waals surface area contributed by atoms with Gasteiger partial charge in [0.1, 0.15) is 0 Å². The Morgan fingerprint density at radius 1 is 1.33 bits per heavy atom. The summed E-state index contributed by atoms with van der Waals surface area (Å²) in [7, 11) is 1.82. The maximum Gasteiger partial charge on any atom is 0.0502 e. The number of nitrogens with zero attached hydrogens (tertiary/aromatic N) is 1. The molecular formula is C12H24N2O. The van der Waals surface area contributed by atoms with Crippen LogP contribution in [-0.2, 0) is 4.74 Å². The average molecular weight is 212 g/mol. The minimum atomic E-state index is 0.781. The van der Waals surface area contributed by atoms with E-state index < -0.39 is 0 Å². The largest absolute Gasteiger partial charge is 0.384 e. The minimum absolute atomic E-state index is 0.781. The molecule has 2 aliphatic rings. The van der Waals surface area contributed by atoms with Crippen LogP contribution in [0.2, 0.25) is 0 Å². The monoisotopic (exact) mass is 212 g/mol. The SMILES string of the molecule is COCC1CCCN(CCC2CNC2)C1. The molecule has 2 saturated heterocycles. The van der Waals surface area contributed by atoms with Crippen molar-refractivity contribution in [1.82, 2.24) is 10.2 Å². The quantitative estimate of drug-likeness (QED) is 0.734. The molecule has 0 aliphatic carbocycles. The predicted molar refractivity (Wildman–Crippen MR) is 62.0 cm³/mol. The highest BCUT2D eigenvalue weighted by Gasteiger charge is 2.22. The Bertz CT molecular complexity index is 180. The summed E-state index contributed by atoms with van der Waals surface area (Å²) in [5, 5.41) is 3.34. The number of nitrogens with one attached hydrogen (secondary N) is 1. The normalized spacial score (nSPS) is 29.0. The molecule has 0 saturated carbocycles. The summed E-state index contributed by atoms with van der Waals surface area (Å²) in [6, 6.07) is 0. The van der Waals surface area contributed by atoms with Gasteiger partial charge in [0.25, 0.3) is 0 Å². The van der Waals surface area contributed by atoms with Crippen LogP contribution in [0.15, 0.2) is 0 Å². The van der Waals surface area contributed by atoms with Crippen molar-refractivity contribution in [2.45, 2.75) is 19.3 Å². The lowest BCUT2D eigenvalue weighted by Crippen LogP contribution is -2.45. The highest BCUT2D eigenvalue weighted by molar-refractivity contribution is 4.78. The molecule has 0 aromatic rings. The van der Waals surface area contributed by atoms with E-state index in [2.05, 4.69) is 10.2 Å². The molecule has 15 heavy (non-hydrogen) atoms. The lowest BCUT2D eigenvalue weighted by atomic mass is 9.96. The number of rotatable bonds is 5. The van der Waals surface area contributed by atoms with E-state index in [1.807, 2.05) is 7.11 Å². The average Bonchev–Trinajstić information content (AvgIpc) is 2.16. The highest BCUT2D eigenvalue weighted by Crippen LogP contribution is 2.18. The Morgan fingerprint density at radius 3 is 2.87 bits per heavy atom. The van der Waals surface area contributed by atoms with Crippen LogP contribution in [0.1, 0.15) is 19.3 Å². The maximum atomic E-state index is 5.25. The summed E-state index contributed by atoms with van der Waals surface area (Å²) in [4.78, 5) is 2.63. The summed E-state index contributed by atoms with van der Waals surface area (Å²) in [5.41, 5.74) is 0. The molecule has 2 fully saturated rings.